The van der Waals surface area contributed by atoms with Crippen LogP contribution >= 0.6 is 0 Å². The molecule has 0 bridgehead atoms. The highest BCUT2D eigenvalue weighted by Gasteiger charge is 2.22. The van der Waals surface area contributed by atoms with Crippen LogP contribution in [0.4, 0.5) is 0 Å². The van der Waals surface area contributed by atoms with Gasteiger partial charge in [-0.15, -0.1) is 0 Å². The number of ether oxygens (including phenoxy) is 2. The highest BCUT2D eigenvalue weighted by molar-refractivity contribution is 5.69. The first-order chi connectivity index (χ1) is 9.72. The van der Waals surface area contributed by atoms with Crippen LogP contribution in [0.1, 0.15) is 30.9 Å². The molecule has 0 spiro atoms. The Hall–Kier alpha value is -1.55. The molecule has 1 aromatic carbocycles. The molecular weight excluding hydrogens is 254 g/mol. The number of rotatable bonds is 6. The van der Waals surface area contributed by atoms with Crippen molar-refractivity contribution in [1.29, 1.82) is 0 Å². The smallest absolute Gasteiger partial charge is 0.306 e. The fraction of sp³-hybridized carbons (Fsp3) is 0.562. The highest BCUT2D eigenvalue weighted by Crippen LogP contribution is 2.30. The zero-order valence-electron chi connectivity index (χ0n) is 12.1. The molecule has 4 heteroatoms. The van der Waals surface area contributed by atoms with E-state index in [2.05, 4.69) is 12.1 Å². The molecule has 1 atom stereocenters. The summed E-state index contributed by atoms with van der Waals surface area (Å²) in [4.78, 5) is 11.6. The van der Waals surface area contributed by atoms with Crippen molar-refractivity contribution in [2.75, 3.05) is 19.8 Å². The van der Waals surface area contributed by atoms with E-state index in [9.17, 15) is 4.79 Å². The fourth-order valence-electron chi connectivity index (χ4n) is 2.71. The van der Waals surface area contributed by atoms with E-state index in [0.29, 0.717) is 32.1 Å². The van der Waals surface area contributed by atoms with E-state index in [-0.39, 0.29) is 5.97 Å². The van der Waals surface area contributed by atoms with Gasteiger partial charge in [-0.3, -0.25) is 4.79 Å². The third kappa shape index (κ3) is 3.97. The molecule has 0 amide bonds. The molecule has 0 saturated carbocycles. The van der Waals surface area contributed by atoms with Crippen LogP contribution in [0.5, 0.6) is 5.75 Å². The van der Waals surface area contributed by atoms with Crippen LogP contribution in [0.25, 0.3) is 0 Å². The minimum absolute atomic E-state index is 0.0866. The lowest BCUT2D eigenvalue weighted by Gasteiger charge is -2.24. The molecule has 0 fully saturated rings. The molecular formula is C16H23NO3. The standard InChI is InChI=1S/C16H23NO3/c1-2-19-16(18)10-12-3-4-13-5-6-15(20-8-7-17)11-14(13)9-12/h5-6,11-12H,2-4,7-10,17H2,1H3. The molecule has 0 radical (unpaired) electrons. The zero-order valence-corrected chi connectivity index (χ0v) is 12.1. The molecule has 0 aliphatic heterocycles. The van der Waals surface area contributed by atoms with E-state index >= 15 is 0 Å². The van der Waals surface area contributed by atoms with E-state index in [1.54, 1.807) is 0 Å². The Morgan fingerprint density at radius 2 is 2.25 bits per heavy atom. The predicted octanol–water partition coefficient (Wildman–Crippen LogP) is 2.08. The molecule has 20 heavy (non-hydrogen) atoms. The number of hydrogen-bond donors (Lipinski definition) is 1. The third-order valence-electron chi connectivity index (χ3n) is 3.66. The van der Waals surface area contributed by atoms with Crippen LogP contribution in [0, 0.1) is 5.92 Å². The van der Waals surface area contributed by atoms with Crippen molar-refractivity contribution in [3.8, 4) is 5.75 Å². The molecule has 1 aromatic rings. The maximum atomic E-state index is 11.6. The van der Waals surface area contributed by atoms with Gasteiger partial charge in [0.2, 0.25) is 0 Å². The van der Waals surface area contributed by atoms with Gasteiger partial charge >= 0.3 is 5.97 Å². The Morgan fingerprint density at radius 1 is 1.40 bits per heavy atom. The maximum absolute atomic E-state index is 11.6. The molecule has 1 unspecified atom stereocenters. The lowest BCUT2D eigenvalue weighted by Crippen LogP contribution is -2.19. The molecule has 0 saturated heterocycles. The van der Waals surface area contributed by atoms with Gasteiger partial charge in [-0.1, -0.05) is 6.07 Å². The van der Waals surface area contributed by atoms with Crippen molar-refractivity contribution in [3.05, 3.63) is 29.3 Å². The summed E-state index contributed by atoms with van der Waals surface area (Å²) in [7, 11) is 0. The second kappa shape index (κ2) is 7.29. The van der Waals surface area contributed by atoms with Crippen LogP contribution in [0.15, 0.2) is 18.2 Å². The monoisotopic (exact) mass is 277 g/mol. The highest BCUT2D eigenvalue weighted by atomic mass is 16.5. The average molecular weight is 277 g/mol. The summed E-state index contributed by atoms with van der Waals surface area (Å²) in [5.74, 6) is 1.16. The second-order valence-corrected chi connectivity index (χ2v) is 5.19. The van der Waals surface area contributed by atoms with E-state index in [4.69, 9.17) is 15.2 Å². The van der Waals surface area contributed by atoms with Crippen molar-refractivity contribution in [2.45, 2.75) is 32.6 Å². The average Bonchev–Trinajstić information content (AvgIpc) is 2.45. The van der Waals surface area contributed by atoms with Gasteiger partial charge in [-0.2, -0.15) is 0 Å². The molecule has 1 aliphatic carbocycles. The number of esters is 1. The van der Waals surface area contributed by atoms with Crippen LogP contribution < -0.4 is 10.5 Å². The summed E-state index contributed by atoms with van der Waals surface area (Å²) in [5.41, 5.74) is 8.10. The van der Waals surface area contributed by atoms with E-state index in [1.807, 2.05) is 13.0 Å². The number of aryl methyl sites for hydroxylation is 1. The molecule has 0 heterocycles. The van der Waals surface area contributed by atoms with Crippen molar-refractivity contribution < 1.29 is 14.3 Å². The quantitative estimate of drug-likeness (QED) is 0.809. The Bertz CT molecular complexity index is 459. The molecule has 2 rings (SSSR count). The maximum Gasteiger partial charge on any atom is 0.306 e. The third-order valence-corrected chi connectivity index (χ3v) is 3.66. The topological polar surface area (TPSA) is 61.5 Å². The molecule has 110 valence electrons. The Morgan fingerprint density at radius 3 is 3.00 bits per heavy atom. The first-order valence-corrected chi connectivity index (χ1v) is 7.33. The number of nitrogens with two attached hydrogens (primary N) is 1. The summed E-state index contributed by atoms with van der Waals surface area (Å²) < 4.78 is 10.6. The predicted molar refractivity (Wildman–Crippen MR) is 77.8 cm³/mol. The van der Waals surface area contributed by atoms with Crippen molar-refractivity contribution >= 4 is 5.97 Å². The minimum atomic E-state index is -0.0866. The number of carbonyl (C=O) groups excluding carboxylic acids is 1. The van der Waals surface area contributed by atoms with E-state index < -0.39 is 0 Å². The van der Waals surface area contributed by atoms with Gasteiger partial charge < -0.3 is 15.2 Å². The van der Waals surface area contributed by atoms with Crippen molar-refractivity contribution in [3.63, 3.8) is 0 Å². The first-order valence-electron chi connectivity index (χ1n) is 7.33. The van der Waals surface area contributed by atoms with Crippen LogP contribution in [0.3, 0.4) is 0 Å². The van der Waals surface area contributed by atoms with Gasteiger partial charge in [0.1, 0.15) is 12.4 Å². The lowest BCUT2D eigenvalue weighted by atomic mass is 9.82. The zero-order chi connectivity index (χ0) is 14.4. The first kappa shape index (κ1) is 14.9. The summed E-state index contributed by atoms with van der Waals surface area (Å²) in [6.45, 7) is 3.35. The fourth-order valence-corrected chi connectivity index (χ4v) is 2.71. The SMILES string of the molecule is CCOC(=O)CC1CCc2ccc(OCCN)cc2C1. The van der Waals surface area contributed by atoms with Crippen molar-refractivity contribution in [1.82, 2.24) is 0 Å². The van der Waals surface area contributed by atoms with Gasteiger partial charge in [0, 0.05) is 13.0 Å². The Labute approximate surface area is 120 Å². The molecule has 0 aromatic heterocycles. The van der Waals surface area contributed by atoms with Crippen molar-refractivity contribution in [2.24, 2.45) is 11.7 Å². The lowest BCUT2D eigenvalue weighted by molar-refractivity contribution is -0.144. The molecule has 4 nitrogen and oxygen atoms in total. The largest absolute Gasteiger partial charge is 0.492 e. The summed E-state index contributed by atoms with van der Waals surface area (Å²) in [6.07, 6.45) is 3.51. The summed E-state index contributed by atoms with van der Waals surface area (Å²) >= 11 is 0. The van der Waals surface area contributed by atoms with Crippen LogP contribution in [0.2, 0.25) is 0 Å². The van der Waals surface area contributed by atoms with E-state index in [0.717, 1.165) is 25.0 Å². The summed E-state index contributed by atoms with van der Waals surface area (Å²) in [6, 6.07) is 6.21. The second-order valence-electron chi connectivity index (χ2n) is 5.19. The van der Waals surface area contributed by atoms with Crippen LogP contribution in [-0.4, -0.2) is 25.7 Å². The van der Waals surface area contributed by atoms with E-state index in [1.165, 1.54) is 11.1 Å². The molecule has 2 N–H and O–H groups in total. The Balaban J connectivity index is 1.98. The number of carbonyl (C=O) groups is 1. The van der Waals surface area contributed by atoms with Gasteiger partial charge in [0.25, 0.3) is 0 Å². The summed E-state index contributed by atoms with van der Waals surface area (Å²) in [5, 5.41) is 0. The number of fused-ring (bicyclic) bond motifs is 1. The number of hydrogen-bond acceptors (Lipinski definition) is 4. The van der Waals surface area contributed by atoms with Crippen LogP contribution in [-0.2, 0) is 22.4 Å². The van der Waals surface area contributed by atoms with Gasteiger partial charge in [-0.05, 0) is 55.4 Å². The normalized spacial score (nSPS) is 17.4. The van der Waals surface area contributed by atoms with Gasteiger partial charge in [-0.25, -0.2) is 0 Å². The minimum Gasteiger partial charge on any atom is -0.492 e. The number of benzene rings is 1. The van der Waals surface area contributed by atoms with Gasteiger partial charge in [0.15, 0.2) is 0 Å². The van der Waals surface area contributed by atoms with Gasteiger partial charge in [0.05, 0.1) is 6.61 Å². The Kier molecular flexibility index (Phi) is 5.41. The molecule has 1 aliphatic rings.